The van der Waals surface area contributed by atoms with Crippen LogP contribution in [0.3, 0.4) is 0 Å². The standard InChI is InChI=1S/C29H30NP/c1-24(2)29(30(25-15-7-3-8-16-25)26-17-9-4-10-18-26)23-31(27-19-11-5-12-20-27)28-21-13-6-14-22-28/h3-22,24,29H,23H2,1-2H3/t29-/m1/s1. The first kappa shape index (κ1) is 21.3. The summed E-state index contributed by atoms with van der Waals surface area (Å²) in [6, 6.07) is 44.1. The molecule has 0 aliphatic heterocycles. The molecule has 0 fully saturated rings. The molecule has 4 rings (SSSR count). The van der Waals surface area contributed by atoms with Gasteiger partial charge in [0.15, 0.2) is 0 Å². The minimum Gasteiger partial charge on any atom is -0.338 e. The maximum Gasteiger partial charge on any atom is 0.0413 e. The van der Waals surface area contributed by atoms with Gasteiger partial charge in [0.1, 0.15) is 0 Å². The van der Waals surface area contributed by atoms with Crippen LogP contribution in [0.25, 0.3) is 0 Å². The molecular weight excluding hydrogens is 393 g/mol. The molecule has 156 valence electrons. The second-order valence-electron chi connectivity index (χ2n) is 8.13. The van der Waals surface area contributed by atoms with Crippen molar-refractivity contribution in [1.29, 1.82) is 0 Å². The van der Waals surface area contributed by atoms with Crippen molar-refractivity contribution >= 4 is 29.9 Å². The van der Waals surface area contributed by atoms with Gasteiger partial charge in [-0.25, -0.2) is 0 Å². The van der Waals surface area contributed by atoms with Crippen molar-refractivity contribution in [3.05, 3.63) is 121 Å². The van der Waals surface area contributed by atoms with E-state index in [4.69, 9.17) is 0 Å². The van der Waals surface area contributed by atoms with Crippen LogP contribution in [-0.2, 0) is 0 Å². The Hall–Kier alpha value is -2.89. The molecule has 4 aromatic carbocycles. The third-order valence-corrected chi connectivity index (χ3v) is 8.26. The zero-order chi connectivity index (χ0) is 21.5. The van der Waals surface area contributed by atoms with Gasteiger partial charge in [-0.05, 0) is 54.9 Å². The lowest BCUT2D eigenvalue weighted by Gasteiger charge is -2.39. The highest BCUT2D eigenvalue weighted by Gasteiger charge is 2.28. The Morgan fingerprint density at radius 2 is 0.903 bits per heavy atom. The van der Waals surface area contributed by atoms with Gasteiger partial charge in [-0.2, -0.15) is 0 Å². The molecule has 1 nitrogen and oxygen atoms in total. The summed E-state index contributed by atoms with van der Waals surface area (Å²) in [7, 11) is -0.478. The molecule has 0 saturated carbocycles. The fraction of sp³-hybridized carbons (Fsp3) is 0.172. The summed E-state index contributed by atoms with van der Waals surface area (Å²) in [6.07, 6.45) is 1.10. The van der Waals surface area contributed by atoms with Gasteiger partial charge in [-0.3, -0.25) is 0 Å². The van der Waals surface area contributed by atoms with E-state index in [9.17, 15) is 0 Å². The molecule has 0 aliphatic carbocycles. The highest BCUT2D eigenvalue weighted by Crippen LogP contribution is 2.40. The summed E-state index contributed by atoms with van der Waals surface area (Å²) < 4.78 is 0. The maximum absolute atomic E-state index is 2.55. The van der Waals surface area contributed by atoms with Crippen LogP contribution in [0.4, 0.5) is 11.4 Å². The molecule has 0 heterocycles. The lowest BCUT2D eigenvalue weighted by Crippen LogP contribution is -2.39. The van der Waals surface area contributed by atoms with Crippen LogP contribution < -0.4 is 15.5 Å². The van der Waals surface area contributed by atoms with Crippen LogP contribution in [0.1, 0.15) is 13.8 Å². The topological polar surface area (TPSA) is 3.24 Å². The van der Waals surface area contributed by atoms with Gasteiger partial charge in [-0.1, -0.05) is 111 Å². The van der Waals surface area contributed by atoms with Gasteiger partial charge in [0.2, 0.25) is 0 Å². The van der Waals surface area contributed by atoms with E-state index in [0.717, 1.165) is 6.16 Å². The molecule has 0 amide bonds. The normalized spacial score (nSPS) is 12.1. The summed E-state index contributed by atoms with van der Waals surface area (Å²) in [5.41, 5.74) is 2.51. The maximum atomic E-state index is 2.55. The second-order valence-corrected chi connectivity index (χ2v) is 10.4. The smallest absolute Gasteiger partial charge is 0.0413 e. The molecule has 4 aromatic rings. The van der Waals surface area contributed by atoms with Crippen molar-refractivity contribution < 1.29 is 0 Å². The lowest BCUT2D eigenvalue weighted by molar-refractivity contribution is 0.524. The van der Waals surface area contributed by atoms with Gasteiger partial charge < -0.3 is 4.90 Å². The molecule has 2 heteroatoms. The van der Waals surface area contributed by atoms with Crippen LogP contribution in [0.5, 0.6) is 0 Å². The number of anilines is 2. The van der Waals surface area contributed by atoms with Gasteiger partial charge in [0.25, 0.3) is 0 Å². The fourth-order valence-electron chi connectivity index (χ4n) is 4.06. The third-order valence-electron chi connectivity index (χ3n) is 5.68. The van der Waals surface area contributed by atoms with Gasteiger partial charge in [0.05, 0.1) is 0 Å². The Balaban J connectivity index is 1.78. The number of rotatable bonds is 8. The van der Waals surface area contributed by atoms with Gasteiger partial charge >= 0.3 is 0 Å². The first-order valence-corrected chi connectivity index (χ1v) is 12.5. The largest absolute Gasteiger partial charge is 0.338 e. The Kier molecular flexibility index (Phi) is 7.18. The first-order valence-electron chi connectivity index (χ1n) is 11.0. The number of para-hydroxylation sites is 2. The zero-order valence-corrected chi connectivity index (χ0v) is 19.2. The Bertz CT molecular complexity index is 954. The summed E-state index contributed by atoms with van der Waals surface area (Å²) in [4.78, 5) is 2.55. The van der Waals surface area contributed by atoms with E-state index in [2.05, 4.69) is 140 Å². The minimum absolute atomic E-state index is 0.372. The Morgan fingerprint density at radius 3 is 1.26 bits per heavy atom. The predicted octanol–water partition coefficient (Wildman–Crippen LogP) is 6.98. The molecule has 0 radical (unpaired) electrons. The Labute approximate surface area is 188 Å². The van der Waals surface area contributed by atoms with Crippen molar-refractivity contribution in [3.8, 4) is 0 Å². The van der Waals surface area contributed by atoms with Crippen molar-refractivity contribution in [1.82, 2.24) is 0 Å². The molecule has 0 bridgehead atoms. The number of hydrogen-bond acceptors (Lipinski definition) is 1. The van der Waals surface area contributed by atoms with Crippen LogP contribution in [0.15, 0.2) is 121 Å². The monoisotopic (exact) mass is 423 g/mol. The highest BCUT2D eigenvalue weighted by atomic mass is 31.1. The third kappa shape index (κ3) is 5.24. The molecule has 0 spiro atoms. The number of benzene rings is 4. The summed E-state index contributed by atoms with van der Waals surface area (Å²) in [6.45, 7) is 4.71. The van der Waals surface area contributed by atoms with Crippen LogP contribution in [-0.4, -0.2) is 12.2 Å². The fourth-order valence-corrected chi connectivity index (χ4v) is 6.81. The summed E-state index contributed by atoms with van der Waals surface area (Å²) in [5, 5.41) is 2.88. The lowest BCUT2D eigenvalue weighted by atomic mass is 10.0. The first-order chi connectivity index (χ1) is 15.2. The van der Waals surface area contributed by atoms with Crippen LogP contribution in [0.2, 0.25) is 0 Å². The van der Waals surface area contributed by atoms with Crippen molar-refractivity contribution in [2.75, 3.05) is 11.1 Å². The van der Waals surface area contributed by atoms with Crippen LogP contribution >= 0.6 is 7.92 Å². The average Bonchev–Trinajstić information content (AvgIpc) is 2.84. The summed E-state index contributed by atoms with van der Waals surface area (Å²) >= 11 is 0. The van der Waals surface area contributed by atoms with Crippen molar-refractivity contribution in [3.63, 3.8) is 0 Å². The molecule has 0 saturated heterocycles. The average molecular weight is 424 g/mol. The van der Waals surface area contributed by atoms with E-state index < -0.39 is 7.92 Å². The van der Waals surface area contributed by atoms with Gasteiger partial charge in [0, 0.05) is 17.4 Å². The molecular formula is C29H30NP. The van der Waals surface area contributed by atoms with E-state index in [0.29, 0.717) is 12.0 Å². The molecule has 0 unspecified atom stereocenters. The van der Waals surface area contributed by atoms with E-state index in [-0.39, 0.29) is 0 Å². The van der Waals surface area contributed by atoms with Gasteiger partial charge in [-0.15, -0.1) is 0 Å². The highest BCUT2D eigenvalue weighted by molar-refractivity contribution is 7.73. The van der Waals surface area contributed by atoms with E-state index in [1.165, 1.54) is 22.0 Å². The molecule has 0 N–H and O–H groups in total. The Morgan fingerprint density at radius 1 is 0.548 bits per heavy atom. The number of hydrogen-bond donors (Lipinski definition) is 0. The molecule has 0 aliphatic rings. The molecule has 0 aromatic heterocycles. The second kappa shape index (κ2) is 10.4. The van der Waals surface area contributed by atoms with E-state index in [1.807, 2.05) is 0 Å². The SMILES string of the molecule is CC(C)[C@@H](CP(c1ccccc1)c1ccccc1)N(c1ccccc1)c1ccccc1. The zero-order valence-electron chi connectivity index (χ0n) is 18.3. The van der Waals surface area contributed by atoms with Crippen LogP contribution in [0, 0.1) is 5.92 Å². The minimum atomic E-state index is -0.478. The van der Waals surface area contributed by atoms with Crippen molar-refractivity contribution in [2.24, 2.45) is 5.92 Å². The number of nitrogens with zero attached hydrogens (tertiary/aromatic N) is 1. The molecule has 1 atom stereocenters. The summed E-state index contributed by atoms with van der Waals surface area (Å²) in [5.74, 6) is 0.498. The quantitative estimate of drug-likeness (QED) is 0.276. The molecule has 31 heavy (non-hydrogen) atoms. The van der Waals surface area contributed by atoms with E-state index >= 15 is 0 Å². The van der Waals surface area contributed by atoms with Crippen molar-refractivity contribution in [2.45, 2.75) is 19.9 Å². The predicted molar refractivity (Wildman–Crippen MR) is 138 cm³/mol. The van der Waals surface area contributed by atoms with E-state index in [1.54, 1.807) is 0 Å².